The van der Waals surface area contributed by atoms with Gasteiger partial charge in [-0.3, -0.25) is 9.59 Å². The van der Waals surface area contributed by atoms with Gasteiger partial charge in [0.05, 0.1) is 5.56 Å². The molecule has 2 aromatic rings. The fraction of sp³-hybridized carbons (Fsp3) is 0.133. The molecule has 0 saturated carbocycles. The van der Waals surface area contributed by atoms with Crippen molar-refractivity contribution in [2.45, 2.75) is 13.8 Å². The van der Waals surface area contributed by atoms with Gasteiger partial charge in [0.2, 0.25) is 5.78 Å². The zero-order valence-electron chi connectivity index (χ0n) is 10.2. The van der Waals surface area contributed by atoms with Crippen LogP contribution in [0.4, 0.5) is 0 Å². The second kappa shape index (κ2) is 3.60. The minimum absolute atomic E-state index is 0.106. The molecule has 1 aliphatic rings. The lowest BCUT2D eigenvalue weighted by molar-refractivity contribution is 0.0974. The number of fused-ring (bicyclic) bond motifs is 2. The van der Waals surface area contributed by atoms with Gasteiger partial charge in [0.15, 0.2) is 5.78 Å². The van der Waals surface area contributed by atoms with E-state index in [1.165, 1.54) is 0 Å². The molecule has 0 fully saturated rings. The van der Waals surface area contributed by atoms with Gasteiger partial charge >= 0.3 is 0 Å². The predicted molar refractivity (Wildman–Crippen MR) is 67.0 cm³/mol. The molecule has 88 valence electrons. The van der Waals surface area contributed by atoms with Gasteiger partial charge in [-0.2, -0.15) is 0 Å². The van der Waals surface area contributed by atoms with Crippen LogP contribution < -0.4 is 0 Å². The van der Waals surface area contributed by atoms with Gasteiger partial charge in [0, 0.05) is 16.8 Å². The molecule has 0 spiro atoms. The highest BCUT2D eigenvalue weighted by molar-refractivity contribution is 6.28. The Morgan fingerprint density at radius 2 is 1.56 bits per heavy atom. The van der Waals surface area contributed by atoms with Gasteiger partial charge in [-0.05, 0) is 25.5 Å². The molecular weight excluding hydrogens is 226 g/mol. The molecule has 0 amide bonds. The molecule has 1 aliphatic carbocycles. The van der Waals surface area contributed by atoms with E-state index in [2.05, 4.69) is 4.98 Å². The number of pyridine rings is 1. The summed E-state index contributed by atoms with van der Waals surface area (Å²) in [5.41, 5.74) is 3.23. The van der Waals surface area contributed by atoms with Gasteiger partial charge < -0.3 is 0 Å². The number of hydrogen-bond donors (Lipinski definition) is 0. The van der Waals surface area contributed by atoms with Crippen molar-refractivity contribution in [3.8, 4) is 0 Å². The van der Waals surface area contributed by atoms with Crippen molar-refractivity contribution in [2.24, 2.45) is 0 Å². The molecular formula is C15H11NO2. The third kappa shape index (κ3) is 1.34. The molecule has 1 aromatic heterocycles. The summed E-state index contributed by atoms with van der Waals surface area (Å²) in [6.07, 6.45) is 0. The Labute approximate surface area is 104 Å². The van der Waals surface area contributed by atoms with Crippen LogP contribution in [-0.2, 0) is 0 Å². The van der Waals surface area contributed by atoms with E-state index in [0.717, 1.165) is 11.3 Å². The zero-order valence-corrected chi connectivity index (χ0v) is 10.2. The van der Waals surface area contributed by atoms with Gasteiger partial charge in [0.25, 0.3) is 0 Å². The second-order valence-electron chi connectivity index (χ2n) is 4.51. The summed E-state index contributed by atoms with van der Waals surface area (Å²) in [6.45, 7) is 3.66. The van der Waals surface area contributed by atoms with Crippen LogP contribution >= 0.6 is 0 Å². The molecule has 0 bridgehead atoms. The van der Waals surface area contributed by atoms with Crippen LogP contribution in [0.2, 0.25) is 0 Å². The molecule has 0 atom stereocenters. The Balaban J connectivity index is 2.37. The Hall–Kier alpha value is -2.29. The van der Waals surface area contributed by atoms with Crippen molar-refractivity contribution in [3.63, 3.8) is 0 Å². The number of rotatable bonds is 0. The topological polar surface area (TPSA) is 47.0 Å². The lowest BCUT2D eigenvalue weighted by atomic mass is 9.85. The maximum Gasteiger partial charge on any atom is 0.212 e. The average molecular weight is 237 g/mol. The zero-order chi connectivity index (χ0) is 12.9. The molecule has 0 radical (unpaired) electrons. The Morgan fingerprint density at radius 3 is 2.22 bits per heavy atom. The van der Waals surface area contributed by atoms with Crippen molar-refractivity contribution < 1.29 is 9.59 Å². The normalized spacial score (nSPS) is 13.2. The third-order valence-electron chi connectivity index (χ3n) is 3.20. The molecule has 3 nitrogen and oxygen atoms in total. The van der Waals surface area contributed by atoms with E-state index in [9.17, 15) is 9.59 Å². The number of aryl methyl sites for hydroxylation is 2. The largest absolute Gasteiger partial charge is 0.288 e. The first kappa shape index (κ1) is 10.8. The van der Waals surface area contributed by atoms with Crippen LogP contribution in [0.25, 0.3) is 0 Å². The van der Waals surface area contributed by atoms with E-state index in [4.69, 9.17) is 0 Å². The highest BCUT2D eigenvalue weighted by Gasteiger charge is 2.31. The van der Waals surface area contributed by atoms with Crippen molar-refractivity contribution in [1.29, 1.82) is 0 Å². The molecule has 1 heterocycles. The van der Waals surface area contributed by atoms with Gasteiger partial charge in [-0.25, -0.2) is 4.98 Å². The molecule has 3 rings (SSSR count). The summed E-state index contributed by atoms with van der Waals surface area (Å²) in [6, 6.07) is 8.73. The van der Waals surface area contributed by atoms with Crippen LogP contribution in [0, 0.1) is 13.8 Å². The van der Waals surface area contributed by atoms with Gasteiger partial charge in [-0.15, -0.1) is 0 Å². The van der Waals surface area contributed by atoms with Crippen molar-refractivity contribution >= 4 is 11.6 Å². The Kier molecular flexibility index (Phi) is 2.17. The van der Waals surface area contributed by atoms with Gasteiger partial charge in [-0.1, -0.05) is 24.3 Å². The lowest BCUT2D eigenvalue weighted by Gasteiger charge is -2.18. The van der Waals surface area contributed by atoms with E-state index in [0.29, 0.717) is 16.7 Å². The minimum Gasteiger partial charge on any atom is -0.288 e. The monoisotopic (exact) mass is 237 g/mol. The number of ketones is 2. The van der Waals surface area contributed by atoms with Gasteiger partial charge in [0.1, 0.15) is 5.69 Å². The number of aromatic nitrogens is 1. The number of hydrogen-bond acceptors (Lipinski definition) is 3. The van der Waals surface area contributed by atoms with E-state index >= 15 is 0 Å². The van der Waals surface area contributed by atoms with E-state index < -0.39 is 0 Å². The molecule has 3 heteroatoms. The third-order valence-corrected chi connectivity index (χ3v) is 3.20. The second-order valence-corrected chi connectivity index (χ2v) is 4.51. The fourth-order valence-corrected chi connectivity index (χ4v) is 2.43. The number of carbonyl (C=O) groups excluding carboxylic acids is 2. The first-order chi connectivity index (χ1) is 8.59. The molecule has 0 N–H and O–H groups in total. The van der Waals surface area contributed by atoms with Crippen LogP contribution in [0.1, 0.15) is 43.2 Å². The van der Waals surface area contributed by atoms with E-state index in [1.54, 1.807) is 24.3 Å². The van der Waals surface area contributed by atoms with Crippen LogP contribution in [0.3, 0.4) is 0 Å². The first-order valence-electron chi connectivity index (χ1n) is 5.76. The first-order valence-corrected chi connectivity index (χ1v) is 5.76. The van der Waals surface area contributed by atoms with Crippen molar-refractivity contribution in [2.75, 3.05) is 0 Å². The summed E-state index contributed by atoms with van der Waals surface area (Å²) in [7, 11) is 0. The molecule has 0 saturated heterocycles. The van der Waals surface area contributed by atoms with Crippen molar-refractivity contribution in [3.05, 3.63) is 64.0 Å². The van der Waals surface area contributed by atoms with Crippen LogP contribution in [0.15, 0.2) is 30.3 Å². The molecule has 0 aliphatic heterocycles. The fourth-order valence-electron chi connectivity index (χ4n) is 2.43. The maximum absolute atomic E-state index is 12.4. The Morgan fingerprint density at radius 1 is 0.944 bits per heavy atom. The predicted octanol–water partition coefficient (Wildman–Crippen LogP) is 2.47. The highest BCUT2D eigenvalue weighted by atomic mass is 16.1. The summed E-state index contributed by atoms with van der Waals surface area (Å²) in [5.74, 6) is -0.266. The smallest absolute Gasteiger partial charge is 0.212 e. The van der Waals surface area contributed by atoms with Crippen molar-refractivity contribution in [1.82, 2.24) is 4.98 Å². The van der Waals surface area contributed by atoms with Crippen LogP contribution in [-0.4, -0.2) is 16.6 Å². The van der Waals surface area contributed by atoms with E-state index in [1.807, 2.05) is 19.9 Å². The molecule has 1 aromatic carbocycles. The molecule has 0 unspecified atom stereocenters. The number of benzene rings is 1. The summed E-state index contributed by atoms with van der Waals surface area (Å²) in [5, 5.41) is 0. The highest BCUT2D eigenvalue weighted by Crippen LogP contribution is 2.28. The average Bonchev–Trinajstić information content (AvgIpc) is 2.35. The SMILES string of the molecule is Cc1cc(C)c2c(n1)C(=O)c1ccccc1C2=O. The summed E-state index contributed by atoms with van der Waals surface area (Å²) in [4.78, 5) is 29.0. The minimum atomic E-state index is -0.160. The summed E-state index contributed by atoms with van der Waals surface area (Å²) >= 11 is 0. The lowest BCUT2D eigenvalue weighted by Crippen LogP contribution is -2.23. The van der Waals surface area contributed by atoms with Crippen LogP contribution in [0.5, 0.6) is 0 Å². The number of nitrogens with zero attached hydrogens (tertiary/aromatic N) is 1. The summed E-state index contributed by atoms with van der Waals surface area (Å²) < 4.78 is 0. The molecule has 18 heavy (non-hydrogen) atoms. The quantitative estimate of drug-likeness (QED) is 0.603. The number of carbonyl (C=O) groups is 2. The van der Waals surface area contributed by atoms with E-state index in [-0.39, 0.29) is 17.3 Å². The standard InChI is InChI=1S/C15H11NO2/c1-8-7-9(2)16-13-12(8)14(17)10-5-3-4-6-11(10)15(13)18/h3-7H,1-2H3. The maximum atomic E-state index is 12.4. The Bertz CT molecular complexity index is 702.